The van der Waals surface area contributed by atoms with Gasteiger partial charge in [-0.25, -0.2) is 0 Å². The van der Waals surface area contributed by atoms with E-state index in [0.29, 0.717) is 5.92 Å². The van der Waals surface area contributed by atoms with Crippen LogP contribution in [0.3, 0.4) is 0 Å². The first-order valence-electron chi connectivity index (χ1n) is 4.74. The van der Waals surface area contributed by atoms with E-state index in [1.807, 2.05) is 12.1 Å². The summed E-state index contributed by atoms with van der Waals surface area (Å²) in [5.41, 5.74) is 1.25. The SMILES string of the molecule is CC(C)CNCc1ccc(Cl)c(Br)c1. The minimum atomic E-state index is 0.686. The summed E-state index contributed by atoms with van der Waals surface area (Å²) in [5, 5.41) is 4.15. The fourth-order valence-electron chi connectivity index (χ4n) is 1.15. The van der Waals surface area contributed by atoms with Crippen LogP contribution >= 0.6 is 27.5 Å². The number of nitrogens with one attached hydrogen (secondary N) is 1. The van der Waals surface area contributed by atoms with Crippen molar-refractivity contribution in [2.24, 2.45) is 5.92 Å². The number of hydrogen-bond acceptors (Lipinski definition) is 1. The molecule has 0 spiro atoms. The molecule has 0 aliphatic carbocycles. The van der Waals surface area contributed by atoms with E-state index in [2.05, 4.69) is 41.2 Å². The second-order valence-electron chi connectivity index (χ2n) is 3.77. The molecule has 0 unspecified atom stereocenters. The molecule has 0 aliphatic heterocycles. The highest BCUT2D eigenvalue weighted by atomic mass is 79.9. The maximum absolute atomic E-state index is 5.90. The maximum atomic E-state index is 5.90. The topological polar surface area (TPSA) is 12.0 Å². The van der Waals surface area contributed by atoms with E-state index in [1.165, 1.54) is 5.56 Å². The Balaban J connectivity index is 2.47. The Morgan fingerprint density at radius 3 is 2.71 bits per heavy atom. The van der Waals surface area contributed by atoms with Gasteiger partial charge in [-0.05, 0) is 46.1 Å². The molecule has 1 rings (SSSR count). The largest absolute Gasteiger partial charge is 0.312 e. The van der Waals surface area contributed by atoms with E-state index in [-0.39, 0.29) is 0 Å². The molecule has 0 atom stereocenters. The Morgan fingerprint density at radius 1 is 1.43 bits per heavy atom. The summed E-state index contributed by atoms with van der Waals surface area (Å²) < 4.78 is 0.961. The average molecular weight is 277 g/mol. The molecule has 0 saturated carbocycles. The van der Waals surface area contributed by atoms with E-state index in [1.54, 1.807) is 0 Å². The van der Waals surface area contributed by atoms with Gasteiger partial charge in [-0.3, -0.25) is 0 Å². The van der Waals surface area contributed by atoms with Crippen LogP contribution < -0.4 is 5.32 Å². The zero-order chi connectivity index (χ0) is 10.6. The van der Waals surface area contributed by atoms with Crippen LogP contribution in [0.2, 0.25) is 5.02 Å². The number of rotatable bonds is 4. The molecule has 3 heteroatoms. The van der Waals surface area contributed by atoms with Crippen molar-refractivity contribution in [3.8, 4) is 0 Å². The van der Waals surface area contributed by atoms with Crippen molar-refractivity contribution in [2.75, 3.05) is 6.54 Å². The third kappa shape index (κ3) is 3.99. The summed E-state index contributed by atoms with van der Waals surface area (Å²) in [6.07, 6.45) is 0. The van der Waals surface area contributed by atoms with Gasteiger partial charge >= 0.3 is 0 Å². The highest BCUT2D eigenvalue weighted by molar-refractivity contribution is 9.10. The molecule has 1 N–H and O–H groups in total. The van der Waals surface area contributed by atoms with E-state index < -0.39 is 0 Å². The lowest BCUT2D eigenvalue weighted by Gasteiger charge is -2.08. The molecule has 0 heterocycles. The van der Waals surface area contributed by atoms with Crippen LogP contribution in [-0.4, -0.2) is 6.54 Å². The molecule has 0 amide bonds. The molecular weight excluding hydrogens is 261 g/mol. The van der Waals surface area contributed by atoms with Crippen molar-refractivity contribution in [1.82, 2.24) is 5.32 Å². The minimum Gasteiger partial charge on any atom is -0.312 e. The second kappa shape index (κ2) is 5.74. The molecule has 0 aliphatic rings. The average Bonchev–Trinajstić information content (AvgIpc) is 2.10. The summed E-state index contributed by atoms with van der Waals surface area (Å²) in [4.78, 5) is 0. The third-order valence-electron chi connectivity index (χ3n) is 1.87. The number of hydrogen-bond donors (Lipinski definition) is 1. The lowest BCUT2D eigenvalue weighted by atomic mass is 10.2. The van der Waals surface area contributed by atoms with Crippen LogP contribution in [0.15, 0.2) is 22.7 Å². The fraction of sp³-hybridized carbons (Fsp3) is 0.455. The van der Waals surface area contributed by atoms with Gasteiger partial charge in [-0.15, -0.1) is 0 Å². The molecule has 0 bridgehead atoms. The fourth-order valence-corrected chi connectivity index (χ4v) is 1.70. The van der Waals surface area contributed by atoms with E-state index >= 15 is 0 Å². The molecule has 0 saturated heterocycles. The summed E-state index contributed by atoms with van der Waals surface area (Å²) in [6.45, 7) is 6.34. The van der Waals surface area contributed by atoms with E-state index in [4.69, 9.17) is 11.6 Å². The summed E-state index contributed by atoms with van der Waals surface area (Å²) in [5.74, 6) is 0.686. The molecule has 0 radical (unpaired) electrons. The molecular formula is C11H15BrClN. The summed E-state index contributed by atoms with van der Waals surface area (Å²) >= 11 is 9.31. The Hall–Kier alpha value is -0.0500. The monoisotopic (exact) mass is 275 g/mol. The Labute approximate surface area is 99.0 Å². The predicted octanol–water partition coefficient (Wildman–Crippen LogP) is 3.85. The molecule has 0 aromatic heterocycles. The van der Waals surface area contributed by atoms with E-state index in [0.717, 1.165) is 22.6 Å². The molecule has 1 nitrogen and oxygen atoms in total. The van der Waals surface area contributed by atoms with Gasteiger partial charge < -0.3 is 5.32 Å². The Bertz CT molecular complexity index is 299. The first-order valence-corrected chi connectivity index (χ1v) is 5.91. The second-order valence-corrected chi connectivity index (χ2v) is 5.03. The number of benzene rings is 1. The van der Waals surface area contributed by atoms with Crippen molar-refractivity contribution in [3.63, 3.8) is 0 Å². The van der Waals surface area contributed by atoms with Gasteiger partial charge in [0.25, 0.3) is 0 Å². The van der Waals surface area contributed by atoms with Crippen LogP contribution in [0.5, 0.6) is 0 Å². The highest BCUT2D eigenvalue weighted by Gasteiger charge is 1.99. The van der Waals surface area contributed by atoms with Gasteiger partial charge in [0, 0.05) is 11.0 Å². The van der Waals surface area contributed by atoms with Crippen molar-refractivity contribution >= 4 is 27.5 Å². The van der Waals surface area contributed by atoms with Gasteiger partial charge in [-0.2, -0.15) is 0 Å². The highest BCUT2D eigenvalue weighted by Crippen LogP contribution is 2.23. The van der Waals surface area contributed by atoms with Gasteiger partial charge in [0.1, 0.15) is 0 Å². The van der Waals surface area contributed by atoms with Crippen molar-refractivity contribution in [3.05, 3.63) is 33.3 Å². The zero-order valence-corrected chi connectivity index (χ0v) is 10.8. The Morgan fingerprint density at radius 2 is 2.14 bits per heavy atom. The summed E-state index contributed by atoms with van der Waals surface area (Å²) in [6, 6.07) is 6.01. The predicted molar refractivity (Wildman–Crippen MR) is 65.7 cm³/mol. The van der Waals surface area contributed by atoms with Crippen LogP contribution in [0.4, 0.5) is 0 Å². The van der Waals surface area contributed by atoms with Gasteiger partial charge in [0.05, 0.1) is 5.02 Å². The van der Waals surface area contributed by atoms with Crippen molar-refractivity contribution < 1.29 is 0 Å². The molecule has 1 aromatic rings. The first-order chi connectivity index (χ1) is 6.59. The Kier molecular flexibility index (Phi) is 4.93. The van der Waals surface area contributed by atoms with Crippen molar-refractivity contribution in [1.29, 1.82) is 0 Å². The molecule has 1 aromatic carbocycles. The molecule has 0 fully saturated rings. The normalized spacial score (nSPS) is 10.9. The lowest BCUT2D eigenvalue weighted by Crippen LogP contribution is -2.18. The zero-order valence-electron chi connectivity index (χ0n) is 8.48. The van der Waals surface area contributed by atoms with Gasteiger partial charge in [-0.1, -0.05) is 31.5 Å². The molecule has 78 valence electrons. The van der Waals surface area contributed by atoms with Crippen LogP contribution in [0, 0.1) is 5.92 Å². The van der Waals surface area contributed by atoms with E-state index in [9.17, 15) is 0 Å². The number of halogens is 2. The minimum absolute atomic E-state index is 0.686. The van der Waals surface area contributed by atoms with Gasteiger partial charge in [0.15, 0.2) is 0 Å². The van der Waals surface area contributed by atoms with Gasteiger partial charge in [0.2, 0.25) is 0 Å². The standard InChI is InChI=1S/C11H15BrClN/c1-8(2)6-14-7-9-3-4-11(13)10(12)5-9/h3-5,8,14H,6-7H2,1-2H3. The maximum Gasteiger partial charge on any atom is 0.0548 e. The lowest BCUT2D eigenvalue weighted by molar-refractivity contribution is 0.552. The van der Waals surface area contributed by atoms with Crippen molar-refractivity contribution in [2.45, 2.75) is 20.4 Å². The quantitative estimate of drug-likeness (QED) is 0.881. The smallest absolute Gasteiger partial charge is 0.0548 e. The van der Waals surface area contributed by atoms with Crippen LogP contribution in [0.1, 0.15) is 19.4 Å². The molecule has 14 heavy (non-hydrogen) atoms. The first kappa shape index (κ1) is 12.0. The van der Waals surface area contributed by atoms with Crippen LogP contribution in [-0.2, 0) is 6.54 Å². The van der Waals surface area contributed by atoms with Crippen LogP contribution in [0.25, 0.3) is 0 Å². The third-order valence-corrected chi connectivity index (χ3v) is 3.08. The summed E-state index contributed by atoms with van der Waals surface area (Å²) in [7, 11) is 0.